The second-order valence-corrected chi connectivity index (χ2v) is 7.19. The zero-order valence-electron chi connectivity index (χ0n) is 17.1. The maximum Gasteiger partial charge on any atom is 0.293 e. The van der Waals surface area contributed by atoms with Crippen molar-refractivity contribution < 1.29 is 63.9 Å². The van der Waals surface area contributed by atoms with Crippen LogP contribution in [0.5, 0.6) is 0 Å². The summed E-state index contributed by atoms with van der Waals surface area (Å²) in [6.07, 6.45) is -13.8. The molecule has 6 N–H and O–H groups in total. The third-order valence-corrected chi connectivity index (χ3v) is 5.01. The van der Waals surface area contributed by atoms with Gasteiger partial charge in [-0.25, -0.2) is 0 Å². The molecule has 182 valence electrons. The Hall–Kier alpha value is -0.970. The molecule has 2 fully saturated rings. The van der Waals surface area contributed by atoms with Gasteiger partial charge in [-0.2, -0.15) is 0 Å². The highest BCUT2D eigenvalue weighted by molar-refractivity contribution is 5.37. The first-order valence-electron chi connectivity index (χ1n) is 10.1. The van der Waals surface area contributed by atoms with Gasteiger partial charge in [0.05, 0.1) is 26.4 Å². The van der Waals surface area contributed by atoms with Crippen molar-refractivity contribution in [1.29, 1.82) is 0 Å². The van der Waals surface area contributed by atoms with Crippen molar-refractivity contribution in [3.63, 3.8) is 0 Å². The van der Waals surface area contributed by atoms with Gasteiger partial charge in [0.1, 0.15) is 42.7 Å². The molecule has 2 aliphatic rings. The van der Waals surface area contributed by atoms with Crippen molar-refractivity contribution in [3.05, 3.63) is 0 Å². The minimum Gasteiger partial charge on any atom is -0.456 e. The molecule has 0 radical (unpaired) electrons. The van der Waals surface area contributed by atoms with E-state index in [1.807, 2.05) is 6.92 Å². The Balaban J connectivity index is 2.15. The van der Waals surface area contributed by atoms with E-state index in [1.165, 1.54) is 0 Å². The number of carbonyl (C=O) groups excluding carboxylic acids is 1. The van der Waals surface area contributed by atoms with Gasteiger partial charge < -0.3 is 59.1 Å². The first-order chi connectivity index (χ1) is 14.9. The number of hydrogen-bond acceptors (Lipinski definition) is 13. The molecular formula is C18H32O13. The van der Waals surface area contributed by atoms with Crippen LogP contribution >= 0.6 is 0 Å². The van der Waals surface area contributed by atoms with Crippen LogP contribution < -0.4 is 0 Å². The molecule has 0 aromatic carbocycles. The third kappa shape index (κ3) is 6.52. The topological polar surface area (TPSA) is 194 Å². The quantitative estimate of drug-likeness (QED) is 0.124. The predicted molar refractivity (Wildman–Crippen MR) is 98.4 cm³/mol. The fraction of sp³-hybridized carbons (Fsp3) is 0.944. The molecule has 13 heteroatoms. The standard InChI is InChI=1S/C18H32O13/c1-2-3-26-4-5-27-17-16(14(25)12(23)9(6-19)29-17)31-18-15(28-8-21)13(24)11(22)10(7-20)30-18/h8-20,22-25H,2-7H2,1H3/t9-,10+,11+,12+,13-,14-,15-,16-,17?,18+/m0/s1. The summed E-state index contributed by atoms with van der Waals surface area (Å²) >= 11 is 0. The van der Waals surface area contributed by atoms with Crippen molar-refractivity contribution in [2.24, 2.45) is 0 Å². The molecule has 0 bridgehead atoms. The van der Waals surface area contributed by atoms with Gasteiger partial charge in [-0.15, -0.1) is 0 Å². The highest BCUT2D eigenvalue weighted by atomic mass is 16.8. The molecule has 0 aliphatic carbocycles. The zero-order valence-corrected chi connectivity index (χ0v) is 17.1. The van der Waals surface area contributed by atoms with Gasteiger partial charge in [-0.05, 0) is 6.42 Å². The fourth-order valence-corrected chi connectivity index (χ4v) is 3.33. The Morgan fingerprint density at radius 3 is 1.94 bits per heavy atom. The van der Waals surface area contributed by atoms with Crippen LogP contribution in [-0.4, -0.2) is 132 Å². The van der Waals surface area contributed by atoms with Gasteiger partial charge in [0, 0.05) is 6.61 Å². The Bertz CT molecular complexity index is 523. The normalized spacial score (nSPS) is 41.1. The second kappa shape index (κ2) is 12.9. The summed E-state index contributed by atoms with van der Waals surface area (Å²) < 4.78 is 32.1. The van der Waals surface area contributed by atoms with Crippen molar-refractivity contribution in [2.45, 2.75) is 74.8 Å². The molecule has 31 heavy (non-hydrogen) atoms. The highest BCUT2D eigenvalue weighted by Gasteiger charge is 2.52. The van der Waals surface area contributed by atoms with Crippen LogP contribution in [-0.2, 0) is 33.2 Å². The third-order valence-electron chi connectivity index (χ3n) is 5.01. The van der Waals surface area contributed by atoms with Crippen molar-refractivity contribution in [1.82, 2.24) is 0 Å². The predicted octanol–water partition coefficient (Wildman–Crippen LogP) is -3.77. The largest absolute Gasteiger partial charge is 0.456 e. The SMILES string of the molecule is CCCOCCOC1O[C@@H](CO)[C@@H](O)[C@H](O)[C@@H]1O[C@H]1O[C@H](CO)[C@@H](O)[C@H](O)[C@@H]1OC=O. The average molecular weight is 456 g/mol. The Kier molecular flexibility index (Phi) is 10.9. The van der Waals surface area contributed by atoms with Gasteiger partial charge in [0.15, 0.2) is 18.7 Å². The molecule has 10 atom stereocenters. The van der Waals surface area contributed by atoms with Crippen molar-refractivity contribution in [2.75, 3.05) is 33.0 Å². The number of ether oxygens (including phenoxy) is 6. The Morgan fingerprint density at radius 2 is 1.39 bits per heavy atom. The van der Waals surface area contributed by atoms with E-state index in [2.05, 4.69) is 0 Å². The number of aliphatic hydroxyl groups excluding tert-OH is 6. The Morgan fingerprint density at radius 1 is 0.806 bits per heavy atom. The first-order valence-corrected chi connectivity index (χ1v) is 10.1. The van der Waals surface area contributed by atoms with E-state index in [4.69, 9.17) is 28.4 Å². The van der Waals surface area contributed by atoms with Crippen LogP contribution in [0.1, 0.15) is 13.3 Å². The lowest BCUT2D eigenvalue weighted by atomic mass is 9.97. The lowest BCUT2D eigenvalue weighted by molar-refractivity contribution is -0.367. The first kappa shape index (κ1) is 26.3. The molecule has 2 saturated heterocycles. The molecule has 0 aromatic heterocycles. The summed E-state index contributed by atoms with van der Waals surface area (Å²) in [6, 6.07) is 0. The summed E-state index contributed by atoms with van der Waals surface area (Å²) in [5.41, 5.74) is 0. The average Bonchev–Trinajstić information content (AvgIpc) is 2.77. The van der Waals surface area contributed by atoms with Gasteiger partial charge in [-0.1, -0.05) is 6.92 Å². The number of rotatable bonds is 12. The lowest BCUT2D eigenvalue weighted by Gasteiger charge is -2.46. The number of carbonyl (C=O) groups is 1. The Labute approximate surface area is 179 Å². The van der Waals surface area contributed by atoms with E-state index >= 15 is 0 Å². The van der Waals surface area contributed by atoms with E-state index in [0.717, 1.165) is 6.42 Å². The smallest absolute Gasteiger partial charge is 0.293 e. The summed E-state index contributed by atoms with van der Waals surface area (Å²) in [7, 11) is 0. The molecule has 2 rings (SSSR count). The van der Waals surface area contributed by atoms with Gasteiger partial charge in [0.2, 0.25) is 0 Å². The van der Waals surface area contributed by atoms with Crippen LogP contribution in [0.4, 0.5) is 0 Å². The highest BCUT2D eigenvalue weighted by Crippen LogP contribution is 2.30. The second-order valence-electron chi connectivity index (χ2n) is 7.19. The molecular weight excluding hydrogens is 424 g/mol. The summed E-state index contributed by atoms with van der Waals surface area (Å²) in [5, 5.41) is 59.7. The summed E-state index contributed by atoms with van der Waals surface area (Å²) in [4.78, 5) is 10.8. The maximum atomic E-state index is 10.8. The van der Waals surface area contributed by atoms with Crippen molar-refractivity contribution >= 4 is 6.47 Å². The molecule has 0 saturated carbocycles. The van der Waals surface area contributed by atoms with E-state index in [-0.39, 0.29) is 19.7 Å². The summed E-state index contributed by atoms with van der Waals surface area (Å²) in [6.45, 7) is 1.42. The van der Waals surface area contributed by atoms with E-state index in [1.54, 1.807) is 0 Å². The van der Waals surface area contributed by atoms with Crippen LogP contribution in [0.25, 0.3) is 0 Å². The minimum atomic E-state index is -1.67. The van der Waals surface area contributed by atoms with Crippen LogP contribution in [0.15, 0.2) is 0 Å². The number of aliphatic hydroxyl groups is 6. The van der Waals surface area contributed by atoms with E-state index < -0.39 is 74.6 Å². The van der Waals surface area contributed by atoms with Crippen LogP contribution in [0.3, 0.4) is 0 Å². The van der Waals surface area contributed by atoms with E-state index in [0.29, 0.717) is 6.61 Å². The zero-order chi connectivity index (χ0) is 23.0. The van der Waals surface area contributed by atoms with E-state index in [9.17, 15) is 35.4 Å². The number of hydrogen-bond donors (Lipinski definition) is 6. The van der Waals surface area contributed by atoms with Gasteiger partial charge in [0.25, 0.3) is 6.47 Å². The lowest BCUT2D eigenvalue weighted by Crippen LogP contribution is -2.65. The minimum absolute atomic E-state index is 0.0170. The molecule has 13 nitrogen and oxygen atoms in total. The monoisotopic (exact) mass is 456 g/mol. The van der Waals surface area contributed by atoms with Crippen molar-refractivity contribution in [3.8, 4) is 0 Å². The van der Waals surface area contributed by atoms with Gasteiger partial charge in [-0.3, -0.25) is 4.79 Å². The molecule has 1 unspecified atom stereocenters. The molecule has 0 amide bonds. The maximum absolute atomic E-state index is 10.8. The molecule has 2 heterocycles. The van der Waals surface area contributed by atoms with Crippen LogP contribution in [0, 0.1) is 0 Å². The van der Waals surface area contributed by atoms with Crippen LogP contribution in [0.2, 0.25) is 0 Å². The summed E-state index contributed by atoms with van der Waals surface area (Å²) in [5.74, 6) is 0. The van der Waals surface area contributed by atoms with Gasteiger partial charge >= 0.3 is 0 Å². The molecule has 0 spiro atoms. The molecule has 2 aliphatic heterocycles. The fourth-order valence-electron chi connectivity index (χ4n) is 3.33. The molecule has 0 aromatic rings.